The van der Waals surface area contributed by atoms with E-state index in [1.165, 1.54) is 12.1 Å². The van der Waals surface area contributed by atoms with Gasteiger partial charge in [-0.15, -0.1) is 0 Å². The zero-order valence-corrected chi connectivity index (χ0v) is 10.4. The lowest BCUT2D eigenvalue weighted by Gasteiger charge is -2.06. The average molecular weight is 266 g/mol. The SMILES string of the molecule is Cc1snc(C(=O)O)c1NCc1ccc(F)cc1. The molecule has 0 saturated carbocycles. The first-order valence-electron chi connectivity index (χ1n) is 5.26. The minimum atomic E-state index is -1.05. The van der Waals surface area contributed by atoms with Gasteiger partial charge in [0, 0.05) is 11.4 Å². The Morgan fingerprint density at radius 1 is 1.44 bits per heavy atom. The number of aromatic carboxylic acids is 1. The summed E-state index contributed by atoms with van der Waals surface area (Å²) in [5.41, 5.74) is 1.43. The Kier molecular flexibility index (Phi) is 3.57. The molecule has 2 aromatic rings. The molecule has 4 nitrogen and oxygen atoms in total. The van der Waals surface area contributed by atoms with Crippen molar-refractivity contribution in [3.63, 3.8) is 0 Å². The van der Waals surface area contributed by atoms with E-state index in [1.807, 2.05) is 0 Å². The zero-order chi connectivity index (χ0) is 13.1. The Labute approximate surface area is 107 Å². The summed E-state index contributed by atoms with van der Waals surface area (Å²) in [6.45, 7) is 2.23. The summed E-state index contributed by atoms with van der Waals surface area (Å²) < 4.78 is 16.6. The molecule has 0 radical (unpaired) electrons. The topological polar surface area (TPSA) is 62.2 Å². The molecule has 0 amide bonds. The number of hydrogen-bond donors (Lipinski definition) is 2. The number of halogens is 1. The lowest BCUT2D eigenvalue weighted by atomic mass is 10.2. The predicted molar refractivity (Wildman–Crippen MR) is 67.5 cm³/mol. The normalized spacial score (nSPS) is 10.3. The maximum absolute atomic E-state index is 12.7. The van der Waals surface area contributed by atoms with Gasteiger partial charge in [0.05, 0.1) is 5.69 Å². The van der Waals surface area contributed by atoms with Gasteiger partial charge in [-0.1, -0.05) is 12.1 Å². The van der Waals surface area contributed by atoms with E-state index in [4.69, 9.17) is 5.11 Å². The minimum Gasteiger partial charge on any atom is -0.476 e. The Morgan fingerprint density at radius 2 is 2.11 bits per heavy atom. The van der Waals surface area contributed by atoms with E-state index >= 15 is 0 Å². The van der Waals surface area contributed by atoms with Crippen LogP contribution in [0.25, 0.3) is 0 Å². The molecule has 0 aliphatic heterocycles. The van der Waals surface area contributed by atoms with Gasteiger partial charge in [-0.25, -0.2) is 9.18 Å². The van der Waals surface area contributed by atoms with Crippen molar-refractivity contribution in [2.45, 2.75) is 13.5 Å². The van der Waals surface area contributed by atoms with E-state index in [9.17, 15) is 9.18 Å². The zero-order valence-electron chi connectivity index (χ0n) is 9.61. The van der Waals surface area contributed by atoms with Crippen LogP contribution < -0.4 is 5.32 Å². The third-order valence-corrected chi connectivity index (χ3v) is 3.20. The lowest BCUT2D eigenvalue weighted by molar-refractivity contribution is 0.0693. The summed E-state index contributed by atoms with van der Waals surface area (Å²) in [6, 6.07) is 6.04. The van der Waals surface area contributed by atoms with Crippen LogP contribution in [-0.4, -0.2) is 15.4 Å². The highest BCUT2D eigenvalue weighted by Crippen LogP contribution is 2.24. The number of aryl methyl sites for hydroxylation is 1. The molecule has 2 N–H and O–H groups in total. The van der Waals surface area contributed by atoms with Crippen molar-refractivity contribution in [2.75, 3.05) is 5.32 Å². The monoisotopic (exact) mass is 266 g/mol. The fourth-order valence-corrected chi connectivity index (χ4v) is 2.18. The van der Waals surface area contributed by atoms with Crippen LogP contribution in [-0.2, 0) is 6.54 Å². The summed E-state index contributed by atoms with van der Waals surface area (Å²) in [7, 11) is 0. The molecule has 18 heavy (non-hydrogen) atoms. The minimum absolute atomic E-state index is 0.0274. The van der Waals surface area contributed by atoms with Gasteiger partial charge < -0.3 is 10.4 Å². The molecule has 0 bridgehead atoms. The fraction of sp³-hybridized carbons (Fsp3) is 0.167. The second kappa shape index (κ2) is 5.14. The molecule has 0 atom stereocenters. The van der Waals surface area contributed by atoms with Crippen LogP contribution in [0.1, 0.15) is 20.9 Å². The molecule has 0 aliphatic carbocycles. The number of anilines is 1. The molecule has 0 spiro atoms. The molecule has 0 unspecified atom stereocenters. The van der Waals surface area contributed by atoms with Crippen molar-refractivity contribution in [1.82, 2.24) is 4.37 Å². The highest BCUT2D eigenvalue weighted by atomic mass is 32.1. The Hall–Kier alpha value is -1.95. The second-order valence-electron chi connectivity index (χ2n) is 3.75. The third kappa shape index (κ3) is 2.65. The van der Waals surface area contributed by atoms with Crippen LogP contribution in [0.15, 0.2) is 24.3 Å². The number of aromatic nitrogens is 1. The first-order valence-corrected chi connectivity index (χ1v) is 6.03. The van der Waals surface area contributed by atoms with Crippen LogP contribution in [0.5, 0.6) is 0 Å². The molecule has 0 aliphatic rings. The molecule has 1 aromatic heterocycles. The van der Waals surface area contributed by atoms with Gasteiger partial charge in [0.1, 0.15) is 5.82 Å². The summed E-state index contributed by atoms with van der Waals surface area (Å²) in [5, 5.41) is 12.0. The van der Waals surface area contributed by atoms with E-state index in [0.717, 1.165) is 22.0 Å². The Balaban J connectivity index is 2.12. The largest absolute Gasteiger partial charge is 0.476 e. The number of carboxylic acid groups (broad SMARTS) is 1. The Bertz CT molecular complexity index is 566. The van der Waals surface area contributed by atoms with Gasteiger partial charge in [0.2, 0.25) is 0 Å². The van der Waals surface area contributed by atoms with E-state index in [2.05, 4.69) is 9.69 Å². The molecule has 94 valence electrons. The number of rotatable bonds is 4. The summed E-state index contributed by atoms with van der Waals surface area (Å²) in [4.78, 5) is 11.8. The maximum Gasteiger partial charge on any atom is 0.357 e. The number of carbonyl (C=O) groups is 1. The van der Waals surface area contributed by atoms with Crippen molar-refractivity contribution in [1.29, 1.82) is 0 Å². The molecule has 1 heterocycles. The van der Waals surface area contributed by atoms with Crippen molar-refractivity contribution in [3.8, 4) is 0 Å². The van der Waals surface area contributed by atoms with Gasteiger partial charge in [-0.2, -0.15) is 4.37 Å². The van der Waals surface area contributed by atoms with Gasteiger partial charge in [0.25, 0.3) is 0 Å². The smallest absolute Gasteiger partial charge is 0.357 e. The quantitative estimate of drug-likeness (QED) is 0.893. The number of nitrogens with one attached hydrogen (secondary N) is 1. The number of carboxylic acids is 1. The van der Waals surface area contributed by atoms with E-state index in [-0.39, 0.29) is 11.5 Å². The van der Waals surface area contributed by atoms with Crippen LogP contribution in [0, 0.1) is 12.7 Å². The Morgan fingerprint density at radius 3 is 2.72 bits per heavy atom. The third-order valence-electron chi connectivity index (χ3n) is 2.45. The van der Waals surface area contributed by atoms with E-state index in [0.29, 0.717) is 12.2 Å². The maximum atomic E-state index is 12.7. The molecular formula is C12H11FN2O2S. The summed E-state index contributed by atoms with van der Waals surface area (Å²) in [6.07, 6.45) is 0. The van der Waals surface area contributed by atoms with Gasteiger partial charge in [-0.05, 0) is 36.2 Å². The fourth-order valence-electron chi connectivity index (χ4n) is 1.52. The van der Waals surface area contributed by atoms with Gasteiger partial charge in [0.15, 0.2) is 5.69 Å². The van der Waals surface area contributed by atoms with Crippen LogP contribution in [0.4, 0.5) is 10.1 Å². The molecule has 0 saturated heterocycles. The first kappa shape index (κ1) is 12.5. The number of nitrogens with zero attached hydrogens (tertiary/aromatic N) is 1. The summed E-state index contributed by atoms with van der Waals surface area (Å²) in [5.74, 6) is -1.35. The van der Waals surface area contributed by atoms with Gasteiger partial charge >= 0.3 is 5.97 Å². The van der Waals surface area contributed by atoms with Gasteiger partial charge in [-0.3, -0.25) is 0 Å². The van der Waals surface area contributed by atoms with Crippen molar-refractivity contribution in [2.24, 2.45) is 0 Å². The molecular weight excluding hydrogens is 255 g/mol. The number of hydrogen-bond acceptors (Lipinski definition) is 4. The number of benzene rings is 1. The van der Waals surface area contributed by atoms with Crippen molar-refractivity contribution < 1.29 is 14.3 Å². The van der Waals surface area contributed by atoms with Crippen molar-refractivity contribution in [3.05, 3.63) is 46.2 Å². The molecule has 0 fully saturated rings. The summed E-state index contributed by atoms with van der Waals surface area (Å²) >= 11 is 1.14. The lowest BCUT2D eigenvalue weighted by Crippen LogP contribution is -2.06. The van der Waals surface area contributed by atoms with E-state index in [1.54, 1.807) is 19.1 Å². The first-order chi connectivity index (χ1) is 8.58. The van der Waals surface area contributed by atoms with E-state index < -0.39 is 5.97 Å². The van der Waals surface area contributed by atoms with Crippen LogP contribution >= 0.6 is 11.5 Å². The second-order valence-corrected chi connectivity index (χ2v) is 4.73. The predicted octanol–water partition coefficient (Wildman–Crippen LogP) is 2.90. The molecule has 1 aromatic carbocycles. The van der Waals surface area contributed by atoms with Crippen LogP contribution in [0.2, 0.25) is 0 Å². The highest BCUT2D eigenvalue weighted by molar-refractivity contribution is 7.06. The average Bonchev–Trinajstić information content (AvgIpc) is 2.70. The highest BCUT2D eigenvalue weighted by Gasteiger charge is 2.16. The van der Waals surface area contributed by atoms with Crippen molar-refractivity contribution >= 4 is 23.2 Å². The standard InChI is InChI=1S/C12H11FN2O2S/c1-7-10(11(12(16)17)15-18-7)14-6-8-2-4-9(13)5-3-8/h2-5,14H,6H2,1H3,(H,16,17). The molecule has 6 heteroatoms. The molecule has 2 rings (SSSR count). The van der Waals surface area contributed by atoms with Crippen LogP contribution in [0.3, 0.4) is 0 Å².